The average Bonchev–Trinajstić information content (AvgIpc) is 3.61. The van der Waals surface area contributed by atoms with Crippen molar-refractivity contribution in [2.24, 2.45) is 0 Å². The van der Waals surface area contributed by atoms with Gasteiger partial charge in [-0.1, -0.05) is 23.2 Å². The van der Waals surface area contributed by atoms with Crippen LogP contribution in [-0.4, -0.2) is 54.4 Å². The molecule has 0 aliphatic heterocycles. The number of aromatic nitrogens is 4. The molecule has 0 bridgehead atoms. The third-order valence-corrected chi connectivity index (χ3v) is 7.68. The molecule has 2 aliphatic carbocycles. The first kappa shape index (κ1) is 31.3. The van der Waals surface area contributed by atoms with Crippen molar-refractivity contribution in [1.82, 2.24) is 19.9 Å². The molecule has 6 rings (SSSR count). The van der Waals surface area contributed by atoms with E-state index in [-0.39, 0.29) is 36.2 Å². The van der Waals surface area contributed by atoms with E-state index in [2.05, 4.69) is 30.6 Å². The van der Waals surface area contributed by atoms with Gasteiger partial charge in [-0.3, -0.25) is 0 Å². The molecule has 2 fully saturated rings. The minimum absolute atomic E-state index is 0.0538. The Morgan fingerprint density at radius 3 is 1.68 bits per heavy atom. The second-order valence-electron chi connectivity index (χ2n) is 10.6. The van der Waals surface area contributed by atoms with E-state index in [1.165, 1.54) is 12.4 Å². The van der Waals surface area contributed by atoms with Crippen molar-refractivity contribution in [2.45, 2.75) is 62.8 Å². The molecule has 2 heterocycles. The Balaban J connectivity index is 0.000000175. The summed E-state index contributed by atoms with van der Waals surface area (Å²) in [6, 6.07) is 14.1. The van der Waals surface area contributed by atoms with E-state index in [9.17, 15) is 10.2 Å². The van der Waals surface area contributed by atoms with Crippen LogP contribution < -0.4 is 31.6 Å². The molecule has 2 aromatic carbocycles. The number of aliphatic hydroxyl groups excluding tert-OH is 2. The highest BCUT2D eigenvalue weighted by atomic mass is 35.5. The predicted molar refractivity (Wildman–Crippen MR) is 170 cm³/mol. The molecule has 0 amide bonds. The molecule has 0 unspecified atom stereocenters. The van der Waals surface area contributed by atoms with Crippen molar-refractivity contribution in [3.63, 3.8) is 0 Å². The van der Waals surface area contributed by atoms with Crippen LogP contribution in [0.3, 0.4) is 0 Å². The number of anilines is 4. The second kappa shape index (κ2) is 14.6. The van der Waals surface area contributed by atoms with Crippen LogP contribution in [0.15, 0.2) is 60.9 Å². The van der Waals surface area contributed by atoms with Crippen LogP contribution in [0, 0.1) is 0 Å². The molecular formula is C30H34Cl2N8O4. The lowest BCUT2D eigenvalue weighted by Crippen LogP contribution is -2.28. The molecule has 4 atom stereocenters. The van der Waals surface area contributed by atoms with Crippen LogP contribution >= 0.6 is 23.2 Å². The van der Waals surface area contributed by atoms with Crippen molar-refractivity contribution in [3.8, 4) is 23.0 Å². The van der Waals surface area contributed by atoms with Gasteiger partial charge in [0.1, 0.15) is 11.5 Å². The number of halogens is 2. The highest BCUT2D eigenvalue weighted by Gasteiger charge is 2.27. The zero-order valence-corrected chi connectivity index (χ0v) is 25.2. The third-order valence-electron chi connectivity index (χ3n) is 7.18. The summed E-state index contributed by atoms with van der Waals surface area (Å²) in [4.78, 5) is 16.3. The first-order chi connectivity index (χ1) is 21.2. The van der Waals surface area contributed by atoms with E-state index in [0.717, 1.165) is 32.1 Å². The van der Waals surface area contributed by atoms with Crippen LogP contribution in [0.5, 0.6) is 23.0 Å². The number of rotatable bonds is 8. The van der Waals surface area contributed by atoms with Crippen molar-refractivity contribution in [2.75, 3.05) is 22.1 Å². The van der Waals surface area contributed by atoms with E-state index in [1.807, 2.05) is 0 Å². The van der Waals surface area contributed by atoms with E-state index in [4.69, 9.17) is 44.1 Å². The summed E-state index contributed by atoms with van der Waals surface area (Å²) >= 11 is 11.7. The number of nitrogens with one attached hydrogen (secondary N) is 2. The molecule has 0 saturated heterocycles. The Bertz CT molecular complexity index is 1530. The van der Waals surface area contributed by atoms with Gasteiger partial charge in [-0.25, -0.2) is 9.97 Å². The van der Waals surface area contributed by atoms with Crippen molar-refractivity contribution in [1.29, 1.82) is 0 Å². The highest BCUT2D eigenvalue weighted by Crippen LogP contribution is 2.33. The first-order valence-electron chi connectivity index (χ1n) is 14.2. The maximum absolute atomic E-state index is 9.94. The number of nitrogens with two attached hydrogens (primary N) is 2. The van der Waals surface area contributed by atoms with Crippen LogP contribution in [0.1, 0.15) is 38.5 Å². The minimum Gasteiger partial charge on any atom is -0.452 e. The second-order valence-corrected chi connectivity index (χ2v) is 11.4. The normalized spacial score (nSPS) is 20.8. The average molecular weight is 642 g/mol. The number of ether oxygens (including phenoxy) is 2. The van der Waals surface area contributed by atoms with Gasteiger partial charge in [0.05, 0.1) is 30.6 Å². The minimum atomic E-state index is -0.389. The van der Waals surface area contributed by atoms with E-state index in [1.54, 1.807) is 48.5 Å². The Labute approximate surface area is 264 Å². The molecule has 232 valence electrons. The molecule has 4 aromatic rings. The first-order valence-corrected chi connectivity index (χ1v) is 15.0. The Morgan fingerprint density at radius 1 is 0.705 bits per heavy atom. The van der Waals surface area contributed by atoms with E-state index < -0.39 is 0 Å². The molecule has 0 spiro atoms. The Hall–Kier alpha value is -4.10. The van der Waals surface area contributed by atoms with Crippen molar-refractivity contribution >= 4 is 46.7 Å². The molecule has 0 radical (unpaired) electrons. The maximum atomic E-state index is 9.94. The van der Waals surface area contributed by atoms with Crippen molar-refractivity contribution < 1.29 is 19.7 Å². The zero-order chi connectivity index (χ0) is 31.1. The van der Waals surface area contributed by atoms with Crippen LogP contribution in [0.25, 0.3) is 0 Å². The van der Waals surface area contributed by atoms with Gasteiger partial charge in [0.15, 0.2) is 23.1 Å². The molecular weight excluding hydrogens is 607 g/mol. The SMILES string of the molecule is Nc1ncc(Oc2ccc(Cl)cc2)c(N[C@@H]2CCC[C@H]2O)n1.Nc1ncc(Oc2ccc(Cl)cc2)c(N[C@H]2CC[C@H](O)C2)n1. The number of nitrogens with zero attached hydrogens (tertiary/aromatic N) is 4. The Kier molecular flexibility index (Phi) is 10.4. The Morgan fingerprint density at radius 2 is 1.23 bits per heavy atom. The number of nitrogen functional groups attached to an aromatic ring is 2. The van der Waals surface area contributed by atoms with Gasteiger partial charge in [0.2, 0.25) is 11.9 Å². The van der Waals surface area contributed by atoms with Gasteiger partial charge in [-0.2, -0.15) is 9.97 Å². The van der Waals surface area contributed by atoms with E-state index >= 15 is 0 Å². The van der Waals surface area contributed by atoms with Gasteiger partial charge in [0.25, 0.3) is 0 Å². The smallest absolute Gasteiger partial charge is 0.222 e. The summed E-state index contributed by atoms with van der Waals surface area (Å²) in [7, 11) is 0. The fourth-order valence-corrected chi connectivity index (χ4v) is 5.20. The fraction of sp³-hybridized carbons (Fsp3) is 0.333. The van der Waals surface area contributed by atoms with Gasteiger partial charge in [-0.15, -0.1) is 0 Å². The summed E-state index contributed by atoms with van der Waals surface area (Å²) in [5.74, 6) is 3.52. The number of hydrogen-bond donors (Lipinski definition) is 6. The molecule has 14 heteroatoms. The topological polar surface area (TPSA) is 187 Å². The third kappa shape index (κ3) is 8.73. The summed E-state index contributed by atoms with van der Waals surface area (Å²) in [6.07, 6.45) is 7.38. The van der Waals surface area contributed by atoms with Crippen molar-refractivity contribution in [3.05, 3.63) is 71.0 Å². The summed E-state index contributed by atoms with van der Waals surface area (Å²) in [6.45, 7) is 0. The zero-order valence-electron chi connectivity index (χ0n) is 23.7. The van der Waals surface area contributed by atoms with Crippen LogP contribution in [-0.2, 0) is 0 Å². The monoisotopic (exact) mass is 640 g/mol. The fourth-order valence-electron chi connectivity index (χ4n) is 4.95. The summed E-state index contributed by atoms with van der Waals surface area (Å²) < 4.78 is 11.6. The molecule has 8 N–H and O–H groups in total. The molecule has 2 aliphatic rings. The van der Waals surface area contributed by atoms with E-state index in [0.29, 0.717) is 51.1 Å². The van der Waals surface area contributed by atoms with Gasteiger partial charge in [0, 0.05) is 16.1 Å². The number of aliphatic hydroxyl groups is 2. The quantitative estimate of drug-likeness (QED) is 0.139. The number of benzene rings is 2. The largest absolute Gasteiger partial charge is 0.452 e. The molecule has 44 heavy (non-hydrogen) atoms. The molecule has 2 saturated carbocycles. The number of hydrogen-bond acceptors (Lipinski definition) is 12. The predicted octanol–water partition coefficient (Wildman–Crippen LogP) is 5.66. The summed E-state index contributed by atoms with van der Waals surface area (Å²) in [5, 5.41) is 27.3. The van der Waals surface area contributed by atoms with Crippen LogP contribution in [0.4, 0.5) is 23.5 Å². The lowest BCUT2D eigenvalue weighted by Gasteiger charge is -2.19. The lowest BCUT2D eigenvalue weighted by molar-refractivity contribution is 0.171. The lowest BCUT2D eigenvalue weighted by atomic mass is 10.2. The summed E-state index contributed by atoms with van der Waals surface area (Å²) in [5.41, 5.74) is 11.3. The van der Waals surface area contributed by atoms with Gasteiger partial charge >= 0.3 is 0 Å². The van der Waals surface area contributed by atoms with Crippen LogP contribution in [0.2, 0.25) is 10.0 Å². The highest BCUT2D eigenvalue weighted by molar-refractivity contribution is 6.30. The van der Waals surface area contributed by atoms with Gasteiger partial charge < -0.3 is 41.8 Å². The molecule has 2 aromatic heterocycles. The molecule has 12 nitrogen and oxygen atoms in total. The maximum Gasteiger partial charge on any atom is 0.222 e. The van der Waals surface area contributed by atoms with Gasteiger partial charge in [-0.05, 0) is 87.1 Å². The standard InChI is InChI=1S/2C15H17ClN4O2/c16-9-1-5-12(6-2-9)22-13-8-18-15(17)20-14(13)19-10-3-4-11(21)7-10;16-9-4-6-10(7-5-9)22-13-8-18-15(17)20-14(13)19-11-2-1-3-12(11)21/h1-2,5-6,8,10-11,21H,3-4,7H2,(H3,17,18,19,20);4-8,11-12,21H,1-3H2,(H3,17,18,19,20)/t10-,11-;11-,12-/m01/s1.